The van der Waals surface area contributed by atoms with Gasteiger partial charge in [0.2, 0.25) is 0 Å². The number of phenolic OH excluding ortho intramolecular Hbond substituents is 1. The zero-order valence-corrected chi connectivity index (χ0v) is 22.7. The maximum atomic E-state index is 14.6. The number of aromatic hydroxyl groups is 1. The van der Waals surface area contributed by atoms with Gasteiger partial charge in [-0.15, -0.1) is 0 Å². The molecule has 5 aromatic rings. The number of phenols is 1. The molecular weight excluding hydrogens is 535 g/mol. The van der Waals surface area contributed by atoms with Crippen molar-refractivity contribution < 1.29 is 19.0 Å². The summed E-state index contributed by atoms with van der Waals surface area (Å²) < 4.78 is 26.7. The van der Waals surface area contributed by atoms with E-state index in [1.165, 1.54) is 6.07 Å². The molecule has 3 aromatic heterocycles. The topological polar surface area (TPSA) is 99.6 Å². The number of aromatic amines is 1. The highest BCUT2D eigenvalue weighted by Gasteiger charge is 2.23. The van der Waals surface area contributed by atoms with Crippen molar-refractivity contribution in [1.82, 2.24) is 25.1 Å². The Balaban J connectivity index is 1.30. The fraction of sp³-hybridized carbons (Fsp3) is 0.276. The zero-order valence-electron chi connectivity index (χ0n) is 21.9. The average Bonchev–Trinajstić information content (AvgIpc) is 3.47. The average molecular weight is 563 g/mol. The standard InChI is InChI=1S/C29H28ClFN6O3/c1-39-28-23(40-13-12-36-8-10-37(11-9-36)24-4-2-3-7-32-24)15-19(16-31)25-26(28)20-17-33-35-29(20)34-27(25)18-5-6-22(38)21(30)14-18/h2-7,14-15,17,38H,8-13,16H2,1H3,(H,33,34,35). The summed E-state index contributed by atoms with van der Waals surface area (Å²) in [6.07, 6.45) is 3.46. The number of halogens is 2. The van der Waals surface area contributed by atoms with Crippen molar-refractivity contribution in [2.24, 2.45) is 0 Å². The Morgan fingerprint density at radius 2 is 1.95 bits per heavy atom. The number of pyridine rings is 2. The summed E-state index contributed by atoms with van der Waals surface area (Å²) in [4.78, 5) is 13.8. The van der Waals surface area contributed by atoms with Gasteiger partial charge in [0, 0.05) is 55.3 Å². The van der Waals surface area contributed by atoms with Gasteiger partial charge in [0.1, 0.15) is 24.8 Å². The number of fused-ring (bicyclic) bond motifs is 3. The van der Waals surface area contributed by atoms with E-state index in [1.54, 1.807) is 31.5 Å². The van der Waals surface area contributed by atoms with Crippen LogP contribution in [0.15, 0.2) is 54.9 Å². The van der Waals surface area contributed by atoms with Crippen LogP contribution in [-0.4, -0.2) is 76.6 Å². The lowest BCUT2D eigenvalue weighted by molar-refractivity contribution is 0.197. The third-order valence-electron chi connectivity index (χ3n) is 7.26. The second-order valence-electron chi connectivity index (χ2n) is 9.57. The van der Waals surface area contributed by atoms with Gasteiger partial charge in [-0.05, 0) is 42.0 Å². The molecule has 6 rings (SSSR count). The molecule has 206 valence electrons. The fourth-order valence-corrected chi connectivity index (χ4v) is 5.42. The van der Waals surface area contributed by atoms with Crippen LogP contribution < -0.4 is 14.4 Å². The molecule has 1 fully saturated rings. The highest BCUT2D eigenvalue weighted by molar-refractivity contribution is 6.32. The Labute approximate surface area is 235 Å². The van der Waals surface area contributed by atoms with Gasteiger partial charge < -0.3 is 19.5 Å². The van der Waals surface area contributed by atoms with Crippen LogP contribution in [0.5, 0.6) is 17.2 Å². The zero-order chi connectivity index (χ0) is 27.6. The third-order valence-corrected chi connectivity index (χ3v) is 7.56. The molecule has 1 saturated heterocycles. The lowest BCUT2D eigenvalue weighted by Gasteiger charge is -2.35. The number of nitrogens with one attached hydrogen (secondary N) is 1. The second kappa shape index (κ2) is 11.1. The van der Waals surface area contributed by atoms with Crippen LogP contribution in [0.4, 0.5) is 10.2 Å². The first-order valence-corrected chi connectivity index (χ1v) is 13.4. The van der Waals surface area contributed by atoms with Crippen LogP contribution in [0.2, 0.25) is 5.02 Å². The van der Waals surface area contributed by atoms with Crippen LogP contribution in [0, 0.1) is 0 Å². The van der Waals surface area contributed by atoms with E-state index in [-0.39, 0.29) is 10.8 Å². The van der Waals surface area contributed by atoms with Gasteiger partial charge in [0.05, 0.1) is 29.4 Å². The fourth-order valence-electron chi connectivity index (χ4n) is 5.24. The van der Waals surface area contributed by atoms with Gasteiger partial charge >= 0.3 is 0 Å². The summed E-state index contributed by atoms with van der Waals surface area (Å²) in [5.74, 6) is 1.88. The van der Waals surface area contributed by atoms with Crippen molar-refractivity contribution in [2.75, 3.05) is 51.3 Å². The highest BCUT2D eigenvalue weighted by Crippen LogP contribution is 2.45. The molecule has 1 aliphatic heterocycles. The molecule has 0 amide bonds. The minimum Gasteiger partial charge on any atom is -0.506 e. The number of hydrogen-bond acceptors (Lipinski definition) is 8. The number of alkyl halides is 1. The van der Waals surface area contributed by atoms with E-state index >= 15 is 0 Å². The number of benzene rings is 2. The van der Waals surface area contributed by atoms with Crippen LogP contribution in [0.25, 0.3) is 33.1 Å². The van der Waals surface area contributed by atoms with E-state index in [0.717, 1.165) is 38.5 Å². The van der Waals surface area contributed by atoms with Crippen molar-refractivity contribution >= 4 is 39.2 Å². The van der Waals surface area contributed by atoms with E-state index < -0.39 is 6.67 Å². The Kier molecular flexibility index (Phi) is 7.27. The lowest BCUT2D eigenvalue weighted by Crippen LogP contribution is -2.47. The first-order chi connectivity index (χ1) is 19.6. The molecule has 2 N–H and O–H groups in total. The van der Waals surface area contributed by atoms with Crippen molar-refractivity contribution in [3.05, 3.63) is 65.4 Å². The van der Waals surface area contributed by atoms with E-state index in [1.807, 2.05) is 24.4 Å². The number of nitrogens with zero attached hydrogens (tertiary/aromatic N) is 5. The molecule has 1 aliphatic rings. The molecule has 0 atom stereocenters. The highest BCUT2D eigenvalue weighted by atomic mass is 35.5. The minimum atomic E-state index is -0.740. The first kappa shape index (κ1) is 26.1. The molecular formula is C29H28ClFN6O3. The van der Waals surface area contributed by atoms with Gasteiger partial charge in [0.25, 0.3) is 0 Å². The predicted octanol–water partition coefficient (Wildman–Crippen LogP) is 5.21. The lowest BCUT2D eigenvalue weighted by atomic mass is 9.96. The molecule has 2 aromatic carbocycles. The molecule has 4 heterocycles. The summed E-state index contributed by atoms with van der Waals surface area (Å²) in [6.45, 7) is 3.95. The number of anilines is 1. The minimum absolute atomic E-state index is 0.0468. The number of aromatic nitrogens is 4. The largest absolute Gasteiger partial charge is 0.506 e. The van der Waals surface area contributed by atoms with Gasteiger partial charge in [-0.3, -0.25) is 10.00 Å². The van der Waals surface area contributed by atoms with Crippen molar-refractivity contribution in [2.45, 2.75) is 6.67 Å². The molecule has 0 radical (unpaired) electrons. The Bertz CT molecular complexity index is 1660. The van der Waals surface area contributed by atoms with Gasteiger partial charge in [-0.1, -0.05) is 17.7 Å². The molecule has 0 unspecified atom stereocenters. The SMILES string of the molecule is COc1c(OCCN2CCN(c3ccccn3)CC2)cc(CF)c2c(-c3ccc(O)c(Cl)c3)nc3[nH]ncc3c12. The Hall–Kier alpha value is -4.15. The number of methoxy groups -OCH3 is 1. The van der Waals surface area contributed by atoms with E-state index in [2.05, 4.69) is 25.0 Å². The maximum absolute atomic E-state index is 14.6. The molecule has 9 nitrogen and oxygen atoms in total. The normalized spacial score (nSPS) is 14.2. The number of H-pyrrole nitrogens is 1. The smallest absolute Gasteiger partial charge is 0.169 e. The van der Waals surface area contributed by atoms with E-state index in [9.17, 15) is 9.50 Å². The molecule has 0 bridgehead atoms. The summed E-state index contributed by atoms with van der Waals surface area (Å²) in [7, 11) is 1.57. The molecule has 11 heteroatoms. The first-order valence-electron chi connectivity index (χ1n) is 13.0. The van der Waals surface area contributed by atoms with Gasteiger partial charge in [-0.2, -0.15) is 5.10 Å². The van der Waals surface area contributed by atoms with Crippen molar-refractivity contribution in [1.29, 1.82) is 0 Å². The molecule has 0 saturated carbocycles. The number of ether oxygens (including phenoxy) is 2. The molecule has 0 aliphatic carbocycles. The summed E-state index contributed by atoms with van der Waals surface area (Å²) >= 11 is 6.20. The number of piperazine rings is 1. The van der Waals surface area contributed by atoms with Gasteiger partial charge in [0.15, 0.2) is 17.1 Å². The van der Waals surface area contributed by atoms with Crippen LogP contribution in [-0.2, 0) is 6.67 Å². The molecule has 40 heavy (non-hydrogen) atoms. The third kappa shape index (κ3) is 4.84. The Morgan fingerprint density at radius 3 is 2.67 bits per heavy atom. The second-order valence-corrected chi connectivity index (χ2v) is 9.98. The van der Waals surface area contributed by atoms with Crippen LogP contribution in [0.3, 0.4) is 0 Å². The number of rotatable bonds is 8. The van der Waals surface area contributed by atoms with E-state index in [4.69, 9.17) is 26.1 Å². The van der Waals surface area contributed by atoms with E-state index in [0.29, 0.717) is 56.7 Å². The van der Waals surface area contributed by atoms with Crippen molar-refractivity contribution in [3.8, 4) is 28.5 Å². The van der Waals surface area contributed by atoms with Crippen LogP contribution in [0.1, 0.15) is 5.56 Å². The predicted molar refractivity (Wildman–Crippen MR) is 153 cm³/mol. The number of hydrogen-bond donors (Lipinski definition) is 2. The summed E-state index contributed by atoms with van der Waals surface area (Å²) in [5, 5.41) is 19.1. The summed E-state index contributed by atoms with van der Waals surface area (Å²) in [5.41, 5.74) is 2.04. The Morgan fingerprint density at radius 1 is 1.10 bits per heavy atom. The monoisotopic (exact) mass is 562 g/mol. The molecule has 0 spiro atoms. The maximum Gasteiger partial charge on any atom is 0.169 e. The quantitative estimate of drug-likeness (QED) is 0.266. The summed E-state index contributed by atoms with van der Waals surface area (Å²) in [6, 6.07) is 12.4. The van der Waals surface area contributed by atoms with Crippen molar-refractivity contribution in [3.63, 3.8) is 0 Å². The van der Waals surface area contributed by atoms with Gasteiger partial charge in [-0.25, -0.2) is 14.4 Å². The van der Waals surface area contributed by atoms with Crippen LogP contribution >= 0.6 is 11.6 Å².